The zero-order valence-corrected chi connectivity index (χ0v) is 17.1. The number of ether oxygens (including phenoxy) is 3. The molecule has 0 aromatic heterocycles. The Morgan fingerprint density at radius 2 is 1.93 bits per heavy atom. The number of carboxylic acid groups (broad SMARTS) is 1. The molecular weight excluding hydrogens is 410 g/mol. The fourth-order valence-corrected chi connectivity index (χ4v) is 3.57. The van der Waals surface area contributed by atoms with E-state index < -0.39 is 23.7 Å². The SMILES string of the molecule is CCOc1cc(/C=C2/SC(=O)N(c3cccc(OC)c3)C2=O)ccc1OCC(=O)O. The van der Waals surface area contributed by atoms with Gasteiger partial charge in [-0.1, -0.05) is 12.1 Å². The molecule has 1 saturated heterocycles. The summed E-state index contributed by atoms with van der Waals surface area (Å²) < 4.78 is 15.9. The minimum Gasteiger partial charge on any atom is -0.497 e. The van der Waals surface area contributed by atoms with Gasteiger partial charge in [0, 0.05) is 6.07 Å². The lowest BCUT2D eigenvalue weighted by Crippen LogP contribution is -2.27. The minimum atomic E-state index is -1.10. The summed E-state index contributed by atoms with van der Waals surface area (Å²) in [7, 11) is 1.51. The number of carbonyl (C=O) groups is 3. The van der Waals surface area contributed by atoms with Crippen LogP contribution in [-0.4, -0.2) is 42.5 Å². The van der Waals surface area contributed by atoms with Gasteiger partial charge in [-0.25, -0.2) is 9.69 Å². The van der Waals surface area contributed by atoms with E-state index in [4.69, 9.17) is 19.3 Å². The van der Waals surface area contributed by atoms with Gasteiger partial charge in [-0.3, -0.25) is 9.59 Å². The molecule has 2 amide bonds. The maximum absolute atomic E-state index is 12.8. The molecule has 1 N–H and O–H groups in total. The van der Waals surface area contributed by atoms with Crippen LogP contribution in [0, 0.1) is 0 Å². The summed E-state index contributed by atoms with van der Waals surface area (Å²) >= 11 is 0.830. The first kappa shape index (κ1) is 21.3. The van der Waals surface area contributed by atoms with Crippen molar-refractivity contribution in [2.45, 2.75) is 6.92 Å². The van der Waals surface area contributed by atoms with E-state index in [2.05, 4.69) is 0 Å². The van der Waals surface area contributed by atoms with Gasteiger partial charge in [-0.15, -0.1) is 0 Å². The van der Waals surface area contributed by atoms with Gasteiger partial charge in [0.05, 0.1) is 24.3 Å². The third kappa shape index (κ3) is 4.74. The lowest BCUT2D eigenvalue weighted by Gasteiger charge is -2.13. The summed E-state index contributed by atoms with van der Waals surface area (Å²) in [5.74, 6) is -0.385. The number of imide groups is 1. The lowest BCUT2D eigenvalue weighted by atomic mass is 10.1. The molecule has 8 nitrogen and oxygen atoms in total. The van der Waals surface area contributed by atoms with Crippen LogP contribution in [0.2, 0.25) is 0 Å². The van der Waals surface area contributed by atoms with Crippen LogP contribution in [0.15, 0.2) is 47.4 Å². The third-order valence-electron chi connectivity index (χ3n) is 4.02. The molecule has 0 saturated carbocycles. The Morgan fingerprint density at radius 3 is 2.63 bits per heavy atom. The van der Waals surface area contributed by atoms with Crippen molar-refractivity contribution in [3.05, 3.63) is 52.9 Å². The predicted molar refractivity (Wildman–Crippen MR) is 112 cm³/mol. The fraction of sp³-hybridized carbons (Fsp3) is 0.190. The topological polar surface area (TPSA) is 102 Å². The first-order valence-electron chi connectivity index (χ1n) is 8.96. The molecule has 0 bridgehead atoms. The van der Waals surface area contributed by atoms with Crippen molar-refractivity contribution in [2.24, 2.45) is 0 Å². The van der Waals surface area contributed by atoms with Crippen molar-refractivity contribution in [3.8, 4) is 17.2 Å². The number of methoxy groups -OCH3 is 1. The highest BCUT2D eigenvalue weighted by molar-refractivity contribution is 8.19. The quantitative estimate of drug-likeness (QED) is 0.632. The largest absolute Gasteiger partial charge is 0.497 e. The Hall–Kier alpha value is -3.46. The number of anilines is 1. The van der Waals surface area contributed by atoms with Crippen LogP contribution < -0.4 is 19.1 Å². The Balaban J connectivity index is 1.87. The van der Waals surface area contributed by atoms with E-state index in [0.717, 1.165) is 16.7 Å². The van der Waals surface area contributed by atoms with Crippen molar-refractivity contribution in [1.82, 2.24) is 0 Å². The predicted octanol–water partition coefficient (Wildman–Crippen LogP) is 3.80. The molecule has 2 aromatic carbocycles. The number of aliphatic carboxylic acids is 1. The van der Waals surface area contributed by atoms with Crippen molar-refractivity contribution >= 4 is 40.6 Å². The summed E-state index contributed by atoms with van der Waals surface area (Å²) in [6.45, 7) is 1.63. The standard InChI is InChI=1S/C21H19NO7S/c1-3-28-17-9-13(7-8-16(17)29-12-19(23)24)10-18-20(25)22(21(26)30-18)14-5-4-6-15(11-14)27-2/h4-11H,3,12H2,1-2H3,(H,23,24)/b18-10+. The molecule has 2 aromatic rings. The third-order valence-corrected chi connectivity index (χ3v) is 4.89. The Bertz CT molecular complexity index is 1020. The molecule has 1 heterocycles. The van der Waals surface area contributed by atoms with Crippen LogP contribution in [-0.2, 0) is 9.59 Å². The second-order valence-corrected chi connectivity index (χ2v) is 7.03. The second-order valence-electron chi connectivity index (χ2n) is 6.04. The van der Waals surface area contributed by atoms with Gasteiger partial charge in [0.15, 0.2) is 18.1 Å². The molecule has 9 heteroatoms. The highest BCUT2D eigenvalue weighted by atomic mass is 32.2. The monoisotopic (exact) mass is 429 g/mol. The van der Waals surface area contributed by atoms with Gasteiger partial charge < -0.3 is 19.3 Å². The number of hydrogen-bond donors (Lipinski definition) is 1. The first-order chi connectivity index (χ1) is 14.4. The molecule has 3 rings (SSSR count). The number of amides is 2. The Kier molecular flexibility index (Phi) is 6.63. The number of rotatable bonds is 8. The number of nitrogens with zero attached hydrogens (tertiary/aromatic N) is 1. The normalized spacial score (nSPS) is 14.9. The molecular formula is C21H19NO7S. The molecule has 0 radical (unpaired) electrons. The van der Waals surface area contributed by atoms with Crippen LogP contribution in [0.5, 0.6) is 17.2 Å². The van der Waals surface area contributed by atoms with Crippen LogP contribution in [0.1, 0.15) is 12.5 Å². The van der Waals surface area contributed by atoms with Gasteiger partial charge >= 0.3 is 5.97 Å². The van der Waals surface area contributed by atoms with E-state index in [-0.39, 0.29) is 10.7 Å². The molecule has 0 spiro atoms. The first-order valence-corrected chi connectivity index (χ1v) is 9.78. The number of carboxylic acids is 1. The molecule has 156 valence electrons. The van der Waals surface area contributed by atoms with Crippen LogP contribution in [0.4, 0.5) is 10.5 Å². The molecule has 0 aliphatic carbocycles. The highest BCUT2D eigenvalue weighted by Crippen LogP contribution is 2.37. The smallest absolute Gasteiger partial charge is 0.341 e. The zero-order chi connectivity index (χ0) is 21.7. The highest BCUT2D eigenvalue weighted by Gasteiger charge is 2.36. The average Bonchev–Trinajstić information content (AvgIpc) is 3.00. The molecule has 1 aliphatic rings. The molecule has 1 aliphatic heterocycles. The summed E-state index contributed by atoms with van der Waals surface area (Å²) in [6.07, 6.45) is 1.58. The van der Waals surface area contributed by atoms with E-state index in [1.807, 2.05) is 0 Å². The van der Waals surface area contributed by atoms with Gasteiger partial charge in [0.25, 0.3) is 11.1 Å². The fourth-order valence-electron chi connectivity index (χ4n) is 2.73. The number of hydrogen-bond acceptors (Lipinski definition) is 7. The molecule has 0 unspecified atom stereocenters. The van der Waals surface area contributed by atoms with Gasteiger partial charge in [0.1, 0.15) is 5.75 Å². The van der Waals surface area contributed by atoms with Crippen molar-refractivity contribution in [1.29, 1.82) is 0 Å². The van der Waals surface area contributed by atoms with Crippen LogP contribution >= 0.6 is 11.8 Å². The van der Waals surface area contributed by atoms with Crippen molar-refractivity contribution in [2.75, 3.05) is 25.2 Å². The number of benzene rings is 2. The van der Waals surface area contributed by atoms with Crippen molar-refractivity contribution in [3.63, 3.8) is 0 Å². The number of carbonyl (C=O) groups excluding carboxylic acids is 2. The van der Waals surface area contributed by atoms with E-state index in [1.165, 1.54) is 7.11 Å². The molecule has 30 heavy (non-hydrogen) atoms. The minimum absolute atomic E-state index is 0.254. The van der Waals surface area contributed by atoms with Crippen LogP contribution in [0.25, 0.3) is 6.08 Å². The van der Waals surface area contributed by atoms with Gasteiger partial charge in [0.2, 0.25) is 0 Å². The van der Waals surface area contributed by atoms with Gasteiger partial charge in [-0.05, 0) is 54.6 Å². The van der Waals surface area contributed by atoms with Gasteiger partial charge in [-0.2, -0.15) is 0 Å². The van der Waals surface area contributed by atoms with E-state index in [1.54, 1.807) is 55.5 Å². The zero-order valence-electron chi connectivity index (χ0n) is 16.3. The summed E-state index contributed by atoms with van der Waals surface area (Å²) in [5.41, 5.74) is 1.03. The summed E-state index contributed by atoms with van der Waals surface area (Å²) in [6, 6.07) is 11.5. The second kappa shape index (κ2) is 9.36. The molecule has 1 fully saturated rings. The number of thioether (sulfide) groups is 1. The maximum atomic E-state index is 12.8. The lowest BCUT2D eigenvalue weighted by molar-refractivity contribution is -0.139. The maximum Gasteiger partial charge on any atom is 0.341 e. The summed E-state index contributed by atoms with van der Waals surface area (Å²) in [4.78, 5) is 37.4. The Morgan fingerprint density at radius 1 is 1.13 bits per heavy atom. The van der Waals surface area contributed by atoms with E-state index in [9.17, 15) is 14.4 Å². The summed E-state index contributed by atoms with van der Waals surface area (Å²) in [5, 5.41) is 8.37. The van der Waals surface area contributed by atoms with Crippen molar-refractivity contribution < 1.29 is 33.7 Å². The van der Waals surface area contributed by atoms with E-state index >= 15 is 0 Å². The van der Waals surface area contributed by atoms with Crippen LogP contribution in [0.3, 0.4) is 0 Å². The average molecular weight is 429 g/mol. The Labute approximate surface area is 177 Å². The van der Waals surface area contributed by atoms with E-state index in [0.29, 0.717) is 29.4 Å². The molecule has 0 atom stereocenters.